The molecule has 2 aliphatic heterocycles. The highest BCUT2D eigenvalue weighted by Crippen LogP contribution is 2.49. The molecule has 3 N–H and O–H groups in total. The zero-order valence-corrected chi connectivity index (χ0v) is 17.3. The van der Waals surface area contributed by atoms with Crippen LogP contribution in [-0.2, 0) is 5.54 Å². The van der Waals surface area contributed by atoms with Crippen molar-refractivity contribution in [2.45, 2.75) is 44.6 Å². The van der Waals surface area contributed by atoms with E-state index in [9.17, 15) is 10.2 Å². The van der Waals surface area contributed by atoms with Gasteiger partial charge in [-0.05, 0) is 56.5 Å². The normalized spacial score (nSPS) is 26.4. The number of piperidine rings is 1. The van der Waals surface area contributed by atoms with Gasteiger partial charge in [-0.2, -0.15) is 0 Å². The minimum atomic E-state index is -0.833. The van der Waals surface area contributed by atoms with Crippen molar-refractivity contribution in [3.63, 3.8) is 0 Å². The van der Waals surface area contributed by atoms with E-state index in [0.29, 0.717) is 6.54 Å². The second-order valence-electron chi connectivity index (χ2n) is 8.38. The van der Waals surface area contributed by atoms with Crippen LogP contribution < -0.4 is 5.32 Å². The van der Waals surface area contributed by atoms with Crippen molar-refractivity contribution >= 4 is 5.69 Å². The van der Waals surface area contributed by atoms with Crippen LogP contribution in [0.4, 0.5) is 5.69 Å². The number of fused-ring (bicyclic) bond motifs is 1. The van der Waals surface area contributed by atoms with E-state index in [4.69, 9.17) is 4.52 Å². The van der Waals surface area contributed by atoms with Gasteiger partial charge in [0.05, 0.1) is 11.8 Å². The zero-order valence-electron chi connectivity index (χ0n) is 17.3. The van der Waals surface area contributed by atoms with E-state index in [0.717, 1.165) is 58.8 Å². The molecule has 0 bridgehead atoms. The van der Waals surface area contributed by atoms with Gasteiger partial charge in [-0.3, -0.25) is 4.90 Å². The number of aliphatic hydroxyl groups is 2. The van der Waals surface area contributed by atoms with Crippen LogP contribution in [0.3, 0.4) is 0 Å². The van der Waals surface area contributed by atoms with Gasteiger partial charge in [0.15, 0.2) is 6.23 Å². The van der Waals surface area contributed by atoms with Crippen molar-refractivity contribution < 1.29 is 14.7 Å². The first kappa shape index (κ1) is 19.3. The molecule has 1 aromatic heterocycles. The summed E-state index contributed by atoms with van der Waals surface area (Å²) in [5, 5.41) is 29.3. The van der Waals surface area contributed by atoms with Gasteiger partial charge in [0, 0.05) is 23.4 Å². The number of rotatable bonds is 3. The van der Waals surface area contributed by atoms with Gasteiger partial charge in [-0.1, -0.05) is 41.6 Å². The van der Waals surface area contributed by atoms with Crippen LogP contribution in [0.15, 0.2) is 53.1 Å². The van der Waals surface area contributed by atoms with Crippen LogP contribution >= 0.6 is 0 Å². The molecule has 2 unspecified atom stereocenters. The molecule has 156 valence electrons. The van der Waals surface area contributed by atoms with Crippen molar-refractivity contribution in [1.29, 1.82) is 0 Å². The number of aromatic nitrogens is 1. The Morgan fingerprint density at radius 2 is 1.93 bits per heavy atom. The Labute approximate surface area is 176 Å². The topological polar surface area (TPSA) is 81.8 Å². The van der Waals surface area contributed by atoms with Crippen molar-refractivity contribution in [1.82, 2.24) is 10.1 Å². The maximum Gasteiger partial charge on any atom is 0.151 e. The third-order valence-electron chi connectivity index (χ3n) is 6.55. The lowest BCUT2D eigenvalue weighted by atomic mass is 9.79. The number of anilines is 1. The molecule has 30 heavy (non-hydrogen) atoms. The Morgan fingerprint density at radius 1 is 1.13 bits per heavy atom. The molecule has 5 rings (SSSR count). The number of aryl methyl sites for hydroxylation is 2. The third kappa shape index (κ3) is 2.79. The Balaban J connectivity index is 1.74. The van der Waals surface area contributed by atoms with Gasteiger partial charge in [0.25, 0.3) is 0 Å². The number of benzene rings is 2. The molecule has 0 spiro atoms. The van der Waals surface area contributed by atoms with Crippen LogP contribution in [0.25, 0.3) is 11.1 Å². The largest absolute Gasteiger partial charge is 0.392 e. The summed E-state index contributed by atoms with van der Waals surface area (Å²) in [7, 11) is 0. The van der Waals surface area contributed by atoms with Crippen molar-refractivity contribution in [2.24, 2.45) is 0 Å². The highest BCUT2D eigenvalue weighted by Gasteiger charge is 2.53. The molecule has 6 nitrogen and oxygen atoms in total. The zero-order chi connectivity index (χ0) is 20.9. The van der Waals surface area contributed by atoms with E-state index in [2.05, 4.69) is 33.6 Å². The summed E-state index contributed by atoms with van der Waals surface area (Å²) in [6.45, 7) is 5.18. The fourth-order valence-corrected chi connectivity index (χ4v) is 5.24. The fourth-order valence-electron chi connectivity index (χ4n) is 5.24. The van der Waals surface area contributed by atoms with E-state index in [1.807, 2.05) is 44.2 Å². The van der Waals surface area contributed by atoms with Gasteiger partial charge in [0.2, 0.25) is 0 Å². The molecule has 3 heterocycles. The summed E-state index contributed by atoms with van der Waals surface area (Å²) in [6.07, 6.45) is 0.444. The fraction of sp³-hybridized carbons (Fsp3) is 0.375. The van der Waals surface area contributed by atoms with Gasteiger partial charge >= 0.3 is 0 Å². The molecule has 2 aliphatic rings. The van der Waals surface area contributed by atoms with Gasteiger partial charge in [-0.25, -0.2) is 0 Å². The molecule has 3 aromatic rings. The first-order valence-electron chi connectivity index (χ1n) is 10.5. The molecule has 0 amide bonds. The van der Waals surface area contributed by atoms with E-state index >= 15 is 0 Å². The second kappa shape index (κ2) is 7.23. The molecule has 1 saturated heterocycles. The predicted octanol–water partition coefficient (Wildman–Crippen LogP) is 3.40. The molecule has 6 heteroatoms. The number of aliphatic hydroxyl groups excluding tert-OH is 2. The summed E-state index contributed by atoms with van der Waals surface area (Å²) in [6, 6.07) is 16.3. The van der Waals surface area contributed by atoms with Crippen molar-refractivity contribution in [3.05, 3.63) is 71.1 Å². The molecular weight excluding hydrogens is 378 g/mol. The summed E-state index contributed by atoms with van der Waals surface area (Å²) < 4.78 is 5.40. The summed E-state index contributed by atoms with van der Waals surface area (Å²) >= 11 is 0. The summed E-state index contributed by atoms with van der Waals surface area (Å²) in [5.41, 5.74) is 4.98. The average Bonchev–Trinajstić information content (AvgIpc) is 3.24. The SMILES string of the molecule is Cc1noc(C)c1-c1ccc2c(c1)C(c1ccccc1)(N1CCC[C@@H](O)C1)C(O)N2. The van der Waals surface area contributed by atoms with Crippen LogP contribution in [0.5, 0.6) is 0 Å². The Kier molecular flexibility index (Phi) is 4.65. The molecule has 0 saturated carbocycles. The lowest BCUT2D eigenvalue weighted by molar-refractivity contribution is -0.0330. The maximum absolute atomic E-state index is 11.4. The molecule has 3 atom stereocenters. The molecule has 0 aliphatic carbocycles. The summed E-state index contributed by atoms with van der Waals surface area (Å²) in [4.78, 5) is 2.23. The Morgan fingerprint density at radius 3 is 2.63 bits per heavy atom. The quantitative estimate of drug-likeness (QED) is 0.620. The van der Waals surface area contributed by atoms with Gasteiger partial charge < -0.3 is 20.1 Å². The second-order valence-corrected chi connectivity index (χ2v) is 8.38. The first-order chi connectivity index (χ1) is 14.5. The molecule has 1 fully saturated rings. The Hall–Kier alpha value is -2.67. The number of nitrogens with zero attached hydrogens (tertiary/aromatic N) is 2. The first-order valence-corrected chi connectivity index (χ1v) is 10.5. The number of nitrogens with one attached hydrogen (secondary N) is 1. The number of likely N-dealkylation sites (tertiary alicyclic amines) is 1. The lowest BCUT2D eigenvalue weighted by Crippen LogP contribution is -2.58. The number of hydrogen-bond donors (Lipinski definition) is 3. The van der Waals surface area contributed by atoms with E-state index < -0.39 is 17.9 Å². The standard InChI is InChI=1S/C24H27N3O3/c1-15-22(16(2)30-26-15)17-10-11-21-20(13-17)24(23(29)25-21,18-7-4-3-5-8-18)27-12-6-9-19(28)14-27/h3-5,7-8,10-11,13,19,23,25,28-29H,6,9,12,14H2,1-2H3/t19-,23?,24?/m1/s1. The van der Waals surface area contributed by atoms with Crippen LogP contribution in [-0.4, -0.2) is 45.7 Å². The number of hydrogen-bond acceptors (Lipinski definition) is 6. The highest BCUT2D eigenvalue weighted by molar-refractivity contribution is 5.75. The smallest absolute Gasteiger partial charge is 0.151 e. The predicted molar refractivity (Wildman–Crippen MR) is 115 cm³/mol. The van der Waals surface area contributed by atoms with Crippen LogP contribution in [0.2, 0.25) is 0 Å². The van der Waals surface area contributed by atoms with Gasteiger partial charge in [-0.15, -0.1) is 0 Å². The minimum absolute atomic E-state index is 0.402. The molecule has 0 radical (unpaired) electrons. The lowest BCUT2D eigenvalue weighted by Gasteiger charge is -2.46. The minimum Gasteiger partial charge on any atom is -0.392 e. The van der Waals surface area contributed by atoms with Crippen LogP contribution in [0.1, 0.15) is 35.4 Å². The van der Waals surface area contributed by atoms with Crippen molar-refractivity contribution in [3.8, 4) is 11.1 Å². The maximum atomic E-state index is 11.4. The van der Waals surface area contributed by atoms with Crippen LogP contribution in [0, 0.1) is 13.8 Å². The van der Waals surface area contributed by atoms with E-state index in [-0.39, 0.29) is 0 Å². The average molecular weight is 405 g/mol. The number of β-amino-alcohol motifs (C(OH)–C–C–N with tert-alkyl or cyclic N) is 1. The molecule has 2 aromatic carbocycles. The van der Waals surface area contributed by atoms with E-state index in [1.165, 1.54) is 0 Å². The Bertz CT molecular complexity index is 1050. The van der Waals surface area contributed by atoms with E-state index in [1.54, 1.807) is 0 Å². The van der Waals surface area contributed by atoms with Gasteiger partial charge in [0.1, 0.15) is 11.3 Å². The van der Waals surface area contributed by atoms with Crippen molar-refractivity contribution in [2.75, 3.05) is 18.4 Å². The highest BCUT2D eigenvalue weighted by atomic mass is 16.5. The monoisotopic (exact) mass is 405 g/mol. The summed E-state index contributed by atoms with van der Waals surface area (Å²) in [5.74, 6) is 0.776. The molecular formula is C24H27N3O3. The third-order valence-corrected chi connectivity index (χ3v) is 6.55.